The van der Waals surface area contributed by atoms with Gasteiger partial charge in [0, 0.05) is 43.2 Å². The van der Waals surface area contributed by atoms with Gasteiger partial charge in [0.1, 0.15) is 0 Å². The van der Waals surface area contributed by atoms with Gasteiger partial charge in [-0.05, 0) is 30.5 Å². The molecule has 23 heavy (non-hydrogen) atoms. The maximum absolute atomic E-state index is 12.6. The van der Waals surface area contributed by atoms with Gasteiger partial charge in [-0.1, -0.05) is 37.6 Å². The van der Waals surface area contributed by atoms with E-state index in [9.17, 15) is 9.90 Å². The van der Waals surface area contributed by atoms with Gasteiger partial charge in [-0.25, -0.2) is 0 Å². The molecule has 2 unspecified atom stereocenters. The van der Waals surface area contributed by atoms with Gasteiger partial charge in [0.2, 0.25) is 5.91 Å². The van der Waals surface area contributed by atoms with E-state index in [1.165, 1.54) is 0 Å². The molecule has 0 aliphatic carbocycles. The van der Waals surface area contributed by atoms with Crippen molar-refractivity contribution in [2.45, 2.75) is 32.7 Å². The molecule has 1 aliphatic heterocycles. The molecular formula is C18H27ClN2O2. The van der Waals surface area contributed by atoms with Gasteiger partial charge in [-0.3, -0.25) is 9.69 Å². The maximum Gasteiger partial charge on any atom is 0.225 e. The van der Waals surface area contributed by atoms with Crippen LogP contribution in [-0.4, -0.2) is 59.6 Å². The lowest BCUT2D eigenvalue weighted by molar-refractivity contribution is -0.137. The van der Waals surface area contributed by atoms with Gasteiger partial charge < -0.3 is 10.0 Å². The molecule has 4 nitrogen and oxygen atoms in total. The normalized spacial score (nSPS) is 18.7. The predicted octanol–water partition coefficient (Wildman–Crippen LogP) is 2.43. The lowest BCUT2D eigenvalue weighted by Crippen LogP contribution is -2.53. The lowest BCUT2D eigenvalue weighted by atomic mass is 9.99. The summed E-state index contributed by atoms with van der Waals surface area (Å²) in [6, 6.07) is 7.92. The fraction of sp³-hybridized carbons (Fsp3) is 0.611. The van der Waals surface area contributed by atoms with Gasteiger partial charge in [0.05, 0.1) is 6.61 Å². The Morgan fingerprint density at radius 1 is 1.22 bits per heavy atom. The number of rotatable bonds is 6. The zero-order valence-electron chi connectivity index (χ0n) is 14.0. The van der Waals surface area contributed by atoms with Gasteiger partial charge in [0.25, 0.3) is 0 Å². The zero-order chi connectivity index (χ0) is 16.8. The second kappa shape index (κ2) is 8.67. The number of hydrogen-bond donors (Lipinski definition) is 1. The third kappa shape index (κ3) is 4.93. The van der Waals surface area contributed by atoms with Gasteiger partial charge in [0.15, 0.2) is 0 Å². The minimum atomic E-state index is -0.0254. The van der Waals surface area contributed by atoms with Crippen LogP contribution in [0.2, 0.25) is 5.02 Å². The summed E-state index contributed by atoms with van der Waals surface area (Å²) < 4.78 is 0. The summed E-state index contributed by atoms with van der Waals surface area (Å²) in [6.45, 7) is 7.47. The summed E-state index contributed by atoms with van der Waals surface area (Å²) in [7, 11) is 0. The Kier molecular flexibility index (Phi) is 6.88. The van der Waals surface area contributed by atoms with Crippen molar-refractivity contribution in [3.05, 3.63) is 34.9 Å². The first-order valence-corrected chi connectivity index (χ1v) is 8.81. The molecule has 0 bridgehead atoms. The second-order valence-electron chi connectivity index (χ2n) is 6.34. The van der Waals surface area contributed by atoms with Crippen LogP contribution in [-0.2, 0) is 11.2 Å². The standard InChI is InChI=1S/C18H27ClN2O2/c1-3-17(13-22)20-8-10-21(11-9-20)18(23)14(2)12-15-4-6-16(19)7-5-15/h4-7,14,17,22H,3,8-13H2,1-2H3. The van der Waals surface area contributed by atoms with Crippen LogP contribution in [0.15, 0.2) is 24.3 Å². The van der Waals surface area contributed by atoms with Crippen molar-refractivity contribution in [2.75, 3.05) is 32.8 Å². The van der Waals surface area contributed by atoms with Crippen molar-refractivity contribution in [3.63, 3.8) is 0 Å². The van der Waals surface area contributed by atoms with Crippen LogP contribution in [0.1, 0.15) is 25.8 Å². The summed E-state index contributed by atoms with van der Waals surface area (Å²) in [5.74, 6) is 0.194. The highest BCUT2D eigenvalue weighted by Crippen LogP contribution is 2.16. The maximum atomic E-state index is 12.6. The van der Waals surface area contributed by atoms with Crippen molar-refractivity contribution in [1.29, 1.82) is 0 Å². The quantitative estimate of drug-likeness (QED) is 0.866. The summed E-state index contributed by atoms with van der Waals surface area (Å²) in [5, 5.41) is 10.1. The topological polar surface area (TPSA) is 43.8 Å². The van der Waals surface area contributed by atoms with E-state index < -0.39 is 0 Å². The molecule has 1 aromatic carbocycles. The molecular weight excluding hydrogens is 312 g/mol. The summed E-state index contributed by atoms with van der Waals surface area (Å²) in [4.78, 5) is 16.9. The van der Waals surface area contributed by atoms with E-state index in [1.807, 2.05) is 36.1 Å². The highest BCUT2D eigenvalue weighted by molar-refractivity contribution is 6.30. The van der Waals surface area contributed by atoms with Crippen LogP contribution in [0.3, 0.4) is 0 Å². The Morgan fingerprint density at radius 3 is 2.35 bits per heavy atom. The summed E-state index contributed by atoms with van der Waals surface area (Å²) >= 11 is 5.90. The number of aliphatic hydroxyl groups excluding tert-OH is 1. The first-order chi connectivity index (χ1) is 11.0. The fourth-order valence-electron chi connectivity index (χ4n) is 3.18. The molecule has 5 heteroatoms. The molecule has 1 aromatic rings. The number of carbonyl (C=O) groups is 1. The molecule has 1 heterocycles. The first kappa shape index (κ1) is 18.2. The predicted molar refractivity (Wildman–Crippen MR) is 93.6 cm³/mol. The first-order valence-electron chi connectivity index (χ1n) is 8.43. The fourth-order valence-corrected chi connectivity index (χ4v) is 3.31. The van der Waals surface area contributed by atoms with E-state index in [1.54, 1.807) is 0 Å². The third-order valence-corrected chi connectivity index (χ3v) is 4.95. The van der Waals surface area contributed by atoms with Crippen molar-refractivity contribution in [2.24, 2.45) is 5.92 Å². The average Bonchev–Trinajstić information content (AvgIpc) is 2.58. The Morgan fingerprint density at radius 2 is 1.83 bits per heavy atom. The number of aliphatic hydroxyl groups is 1. The molecule has 0 spiro atoms. The van der Waals surface area contributed by atoms with E-state index in [2.05, 4.69) is 11.8 Å². The second-order valence-corrected chi connectivity index (χ2v) is 6.77. The van der Waals surface area contributed by atoms with E-state index in [4.69, 9.17) is 11.6 Å². The molecule has 1 fully saturated rings. The highest BCUT2D eigenvalue weighted by Gasteiger charge is 2.27. The SMILES string of the molecule is CCC(CO)N1CCN(C(=O)C(C)Cc2ccc(Cl)cc2)CC1. The molecule has 128 valence electrons. The van der Waals surface area contributed by atoms with Crippen molar-refractivity contribution in [1.82, 2.24) is 9.80 Å². The molecule has 2 rings (SSSR count). The molecule has 0 radical (unpaired) electrons. The molecule has 0 saturated carbocycles. The largest absolute Gasteiger partial charge is 0.395 e. The van der Waals surface area contributed by atoms with E-state index in [0.29, 0.717) is 0 Å². The molecule has 0 aromatic heterocycles. The van der Waals surface area contributed by atoms with Crippen molar-refractivity contribution < 1.29 is 9.90 Å². The number of hydrogen-bond acceptors (Lipinski definition) is 3. The number of nitrogens with zero attached hydrogens (tertiary/aromatic N) is 2. The van der Waals surface area contributed by atoms with Crippen LogP contribution >= 0.6 is 11.6 Å². The monoisotopic (exact) mass is 338 g/mol. The molecule has 2 atom stereocenters. The van der Waals surface area contributed by atoms with Crippen LogP contribution in [0, 0.1) is 5.92 Å². The third-order valence-electron chi connectivity index (χ3n) is 4.70. The number of amides is 1. The van der Waals surface area contributed by atoms with Crippen LogP contribution in [0.25, 0.3) is 0 Å². The lowest BCUT2D eigenvalue weighted by Gasteiger charge is -2.39. The Balaban J connectivity index is 1.85. The highest BCUT2D eigenvalue weighted by atomic mass is 35.5. The van der Waals surface area contributed by atoms with Crippen molar-refractivity contribution in [3.8, 4) is 0 Å². The van der Waals surface area contributed by atoms with Gasteiger partial charge >= 0.3 is 0 Å². The van der Waals surface area contributed by atoms with Crippen molar-refractivity contribution >= 4 is 17.5 Å². The molecule has 1 saturated heterocycles. The minimum Gasteiger partial charge on any atom is -0.395 e. The molecule has 1 N–H and O–H groups in total. The van der Waals surface area contributed by atoms with E-state index in [0.717, 1.165) is 49.6 Å². The summed E-state index contributed by atoms with van der Waals surface area (Å²) in [6.07, 6.45) is 1.68. The molecule has 1 amide bonds. The van der Waals surface area contributed by atoms with E-state index >= 15 is 0 Å². The zero-order valence-corrected chi connectivity index (χ0v) is 14.8. The number of piperazine rings is 1. The van der Waals surface area contributed by atoms with Crippen LogP contribution in [0.4, 0.5) is 0 Å². The minimum absolute atomic E-state index is 0.0254. The Hall–Kier alpha value is -1.10. The van der Waals surface area contributed by atoms with Crippen LogP contribution in [0.5, 0.6) is 0 Å². The molecule has 1 aliphatic rings. The average molecular weight is 339 g/mol. The Bertz CT molecular complexity index is 494. The van der Waals surface area contributed by atoms with E-state index in [-0.39, 0.29) is 24.5 Å². The smallest absolute Gasteiger partial charge is 0.225 e. The summed E-state index contributed by atoms with van der Waals surface area (Å²) in [5.41, 5.74) is 1.14. The van der Waals surface area contributed by atoms with Crippen LogP contribution < -0.4 is 0 Å². The number of carbonyl (C=O) groups excluding carboxylic acids is 1. The number of halogens is 1. The number of benzene rings is 1. The Labute approximate surface area is 144 Å². The van der Waals surface area contributed by atoms with Gasteiger partial charge in [-0.2, -0.15) is 0 Å². The van der Waals surface area contributed by atoms with Gasteiger partial charge in [-0.15, -0.1) is 0 Å².